The van der Waals surface area contributed by atoms with Crippen molar-refractivity contribution < 1.29 is 9.66 Å². The molecule has 0 saturated carbocycles. The quantitative estimate of drug-likeness (QED) is 0.492. The maximum Gasteiger partial charge on any atom is 0.269 e. The van der Waals surface area contributed by atoms with E-state index in [9.17, 15) is 10.1 Å². The molecule has 0 heterocycles. The topological polar surface area (TPSA) is 52.4 Å². The fraction of sp³-hybridized carbons (Fsp3) is 0.400. The summed E-state index contributed by atoms with van der Waals surface area (Å²) in [7, 11) is 0. The standard InChI is InChI=1S/C20H25NO3/c1-19(2,3)14-20(4,5)15-6-10-17(11-7-15)24-18-12-8-16(9-13-18)21(22)23/h6-13H,14H2,1-5H3. The Morgan fingerprint density at radius 3 is 1.75 bits per heavy atom. The minimum atomic E-state index is -0.421. The Morgan fingerprint density at radius 1 is 0.875 bits per heavy atom. The van der Waals surface area contributed by atoms with Gasteiger partial charge in [0.05, 0.1) is 4.92 Å². The van der Waals surface area contributed by atoms with Crippen molar-refractivity contribution in [2.24, 2.45) is 5.41 Å². The SMILES string of the molecule is CC(C)(C)CC(C)(C)c1ccc(Oc2ccc([N+](=O)[O-])cc2)cc1. The van der Waals surface area contributed by atoms with Crippen molar-refractivity contribution in [3.8, 4) is 11.5 Å². The van der Waals surface area contributed by atoms with Crippen molar-refractivity contribution in [3.05, 3.63) is 64.2 Å². The van der Waals surface area contributed by atoms with Crippen LogP contribution in [0.4, 0.5) is 5.69 Å². The van der Waals surface area contributed by atoms with E-state index in [0.717, 1.165) is 12.2 Å². The van der Waals surface area contributed by atoms with Gasteiger partial charge in [0, 0.05) is 12.1 Å². The Balaban J connectivity index is 2.10. The van der Waals surface area contributed by atoms with Crippen molar-refractivity contribution in [2.75, 3.05) is 0 Å². The second-order valence-corrected chi connectivity index (χ2v) is 8.00. The summed E-state index contributed by atoms with van der Waals surface area (Å²) in [6.45, 7) is 11.3. The van der Waals surface area contributed by atoms with E-state index in [4.69, 9.17) is 4.74 Å². The van der Waals surface area contributed by atoms with Gasteiger partial charge < -0.3 is 4.74 Å². The van der Waals surface area contributed by atoms with E-state index in [0.29, 0.717) is 5.75 Å². The molecule has 0 bridgehead atoms. The Labute approximate surface area is 143 Å². The van der Waals surface area contributed by atoms with E-state index in [1.165, 1.54) is 17.7 Å². The van der Waals surface area contributed by atoms with E-state index < -0.39 is 4.92 Å². The minimum absolute atomic E-state index is 0.0571. The average Bonchev–Trinajstić information content (AvgIpc) is 2.46. The summed E-state index contributed by atoms with van der Waals surface area (Å²) in [4.78, 5) is 10.2. The lowest BCUT2D eigenvalue weighted by molar-refractivity contribution is -0.384. The first-order valence-electron chi connectivity index (χ1n) is 8.10. The van der Waals surface area contributed by atoms with Crippen molar-refractivity contribution in [3.63, 3.8) is 0 Å². The summed E-state index contributed by atoms with van der Waals surface area (Å²) >= 11 is 0. The molecule has 0 spiro atoms. The maximum absolute atomic E-state index is 10.7. The number of ether oxygens (including phenoxy) is 1. The summed E-state index contributed by atoms with van der Waals surface area (Å²) in [5, 5.41) is 10.7. The highest BCUT2D eigenvalue weighted by Crippen LogP contribution is 2.37. The highest BCUT2D eigenvalue weighted by Gasteiger charge is 2.27. The lowest BCUT2D eigenvalue weighted by atomic mass is 9.72. The average molecular weight is 327 g/mol. The molecule has 4 heteroatoms. The molecule has 0 aliphatic heterocycles. The van der Waals surface area contributed by atoms with Gasteiger partial charge in [-0.25, -0.2) is 0 Å². The molecule has 0 saturated heterocycles. The predicted molar refractivity (Wildman–Crippen MR) is 96.7 cm³/mol. The van der Waals surface area contributed by atoms with E-state index >= 15 is 0 Å². The van der Waals surface area contributed by atoms with Crippen molar-refractivity contribution >= 4 is 5.69 Å². The fourth-order valence-electron chi connectivity index (χ4n) is 3.17. The molecular formula is C20H25NO3. The normalized spacial score (nSPS) is 12.0. The number of nitro benzene ring substituents is 1. The molecule has 2 aromatic rings. The number of rotatable bonds is 5. The van der Waals surface area contributed by atoms with Gasteiger partial charge in [0.25, 0.3) is 5.69 Å². The Morgan fingerprint density at radius 2 is 1.33 bits per heavy atom. The number of hydrogen-bond donors (Lipinski definition) is 0. The fourth-order valence-corrected chi connectivity index (χ4v) is 3.17. The van der Waals surface area contributed by atoms with E-state index in [1.54, 1.807) is 12.1 Å². The largest absolute Gasteiger partial charge is 0.457 e. The monoisotopic (exact) mass is 327 g/mol. The zero-order chi connectivity index (χ0) is 18.0. The smallest absolute Gasteiger partial charge is 0.269 e. The Kier molecular flexibility index (Phi) is 4.97. The van der Waals surface area contributed by atoms with E-state index in [1.807, 2.05) is 12.1 Å². The van der Waals surface area contributed by atoms with Gasteiger partial charge in [0.1, 0.15) is 11.5 Å². The highest BCUT2D eigenvalue weighted by atomic mass is 16.6. The second-order valence-electron chi connectivity index (χ2n) is 8.00. The van der Waals surface area contributed by atoms with Gasteiger partial charge in [0.15, 0.2) is 0 Å². The summed E-state index contributed by atoms with van der Waals surface area (Å²) in [6.07, 6.45) is 1.09. The molecule has 0 atom stereocenters. The van der Waals surface area contributed by atoms with Crippen LogP contribution in [0.15, 0.2) is 48.5 Å². The van der Waals surface area contributed by atoms with Crippen LogP contribution in [0.25, 0.3) is 0 Å². The lowest BCUT2D eigenvalue weighted by Gasteiger charge is -2.33. The molecule has 2 rings (SSSR count). The lowest BCUT2D eigenvalue weighted by Crippen LogP contribution is -2.24. The maximum atomic E-state index is 10.7. The number of nitro groups is 1. The molecule has 4 nitrogen and oxygen atoms in total. The van der Waals surface area contributed by atoms with Crippen LogP contribution in [0, 0.1) is 15.5 Å². The Bertz CT molecular complexity index is 695. The zero-order valence-corrected chi connectivity index (χ0v) is 15.0. The van der Waals surface area contributed by atoms with Gasteiger partial charge in [-0.2, -0.15) is 0 Å². The number of hydrogen-bond acceptors (Lipinski definition) is 3. The molecular weight excluding hydrogens is 302 g/mol. The van der Waals surface area contributed by atoms with Crippen molar-refractivity contribution in [1.82, 2.24) is 0 Å². The van der Waals surface area contributed by atoms with E-state index in [-0.39, 0.29) is 16.5 Å². The molecule has 0 N–H and O–H groups in total. The van der Waals surface area contributed by atoms with Crippen LogP contribution in [-0.2, 0) is 5.41 Å². The van der Waals surface area contributed by atoms with Crippen molar-refractivity contribution in [1.29, 1.82) is 0 Å². The van der Waals surface area contributed by atoms with E-state index in [2.05, 4.69) is 46.8 Å². The molecule has 0 aliphatic rings. The first kappa shape index (κ1) is 18.0. The number of benzene rings is 2. The van der Waals surface area contributed by atoms with Crippen LogP contribution in [0.3, 0.4) is 0 Å². The molecule has 0 aliphatic carbocycles. The van der Waals surface area contributed by atoms with Crippen LogP contribution in [-0.4, -0.2) is 4.92 Å². The van der Waals surface area contributed by atoms with Crippen molar-refractivity contribution in [2.45, 2.75) is 46.5 Å². The third-order valence-electron chi connectivity index (χ3n) is 3.89. The van der Waals surface area contributed by atoms with Crippen LogP contribution in [0.1, 0.15) is 46.6 Å². The van der Waals surface area contributed by atoms with Gasteiger partial charge in [-0.3, -0.25) is 10.1 Å². The van der Waals surface area contributed by atoms with Gasteiger partial charge >= 0.3 is 0 Å². The summed E-state index contributed by atoms with van der Waals surface area (Å²) in [5.41, 5.74) is 1.68. The summed E-state index contributed by atoms with van der Waals surface area (Å²) < 4.78 is 5.76. The van der Waals surface area contributed by atoms with Crippen LogP contribution in [0.2, 0.25) is 0 Å². The van der Waals surface area contributed by atoms with Gasteiger partial charge in [-0.1, -0.05) is 46.8 Å². The highest BCUT2D eigenvalue weighted by molar-refractivity contribution is 5.39. The molecule has 0 fully saturated rings. The molecule has 2 aromatic carbocycles. The molecule has 128 valence electrons. The minimum Gasteiger partial charge on any atom is -0.457 e. The summed E-state index contributed by atoms with van der Waals surface area (Å²) in [6, 6.07) is 14.2. The van der Waals surface area contributed by atoms with Gasteiger partial charge in [-0.05, 0) is 47.1 Å². The number of non-ortho nitro benzene ring substituents is 1. The third-order valence-corrected chi connectivity index (χ3v) is 3.89. The molecule has 0 aromatic heterocycles. The summed E-state index contributed by atoms with van der Waals surface area (Å²) in [5.74, 6) is 1.31. The van der Waals surface area contributed by atoms with Crippen LogP contribution < -0.4 is 4.74 Å². The third kappa shape index (κ3) is 4.82. The Hall–Kier alpha value is -2.36. The molecule has 0 unspecified atom stereocenters. The first-order valence-corrected chi connectivity index (χ1v) is 8.10. The first-order chi connectivity index (χ1) is 11.1. The molecule has 24 heavy (non-hydrogen) atoms. The van der Waals surface area contributed by atoms with Gasteiger partial charge in [-0.15, -0.1) is 0 Å². The van der Waals surface area contributed by atoms with Crippen LogP contribution >= 0.6 is 0 Å². The molecule has 0 amide bonds. The number of nitrogens with zero attached hydrogens (tertiary/aromatic N) is 1. The molecule has 0 radical (unpaired) electrons. The van der Waals surface area contributed by atoms with Gasteiger partial charge in [0.2, 0.25) is 0 Å². The predicted octanol–water partition coefficient (Wildman–Crippen LogP) is 6.10. The second kappa shape index (κ2) is 6.63. The van der Waals surface area contributed by atoms with Crippen LogP contribution in [0.5, 0.6) is 11.5 Å². The zero-order valence-electron chi connectivity index (χ0n) is 15.0.